The van der Waals surface area contributed by atoms with Gasteiger partial charge in [-0.1, -0.05) is 176 Å². The number of benzene rings is 10. The molecule has 0 radical (unpaired) electrons. The van der Waals surface area contributed by atoms with Gasteiger partial charge in [0.1, 0.15) is 5.58 Å². The van der Waals surface area contributed by atoms with Gasteiger partial charge in [-0.2, -0.15) is 0 Å². The summed E-state index contributed by atoms with van der Waals surface area (Å²) in [6, 6.07) is 87.1. The molecule has 2 aromatic heterocycles. The predicted octanol–water partition coefficient (Wildman–Crippen LogP) is 16.8. The molecule has 0 aliphatic rings. The summed E-state index contributed by atoms with van der Waals surface area (Å²) < 4.78 is 9.14. The van der Waals surface area contributed by atoms with Crippen molar-refractivity contribution in [2.75, 3.05) is 4.90 Å². The van der Waals surface area contributed by atoms with E-state index in [-0.39, 0.29) is 0 Å². The highest BCUT2D eigenvalue weighted by Gasteiger charge is 2.22. The van der Waals surface area contributed by atoms with Crippen molar-refractivity contribution >= 4 is 60.8 Å². The Labute approximate surface area is 366 Å². The van der Waals surface area contributed by atoms with E-state index >= 15 is 0 Å². The van der Waals surface area contributed by atoms with E-state index in [0.29, 0.717) is 0 Å². The monoisotopic (exact) mass is 804 g/mol. The molecule has 0 aliphatic heterocycles. The number of anilines is 3. The molecule has 0 spiro atoms. The summed E-state index contributed by atoms with van der Waals surface area (Å²) in [4.78, 5) is 2.34. The molecular formula is C60H40N2O. The second-order valence-corrected chi connectivity index (χ2v) is 16.1. The van der Waals surface area contributed by atoms with E-state index in [1.54, 1.807) is 0 Å². The van der Waals surface area contributed by atoms with Crippen LogP contribution in [-0.4, -0.2) is 4.57 Å². The zero-order valence-electron chi connectivity index (χ0n) is 34.4. The molecular weight excluding hydrogens is 765 g/mol. The van der Waals surface area contributed by atoms with E-state index in [1.807, 2.05) is 6.07 Å². The summed E-state index contributed by atoms with van der Waals surface area (Å²) in [5.41, 5.74) is 17.6. The van der Waals surface area contributed by atoms with Crippen molar-refractivity contribution in [3.8, 4) is 50.2 Å². The van der Waals surface area contributed by atoms with Gasteiger partial charge in [-0.25, -0.2) is 0 Å². The van der Waals surface area contributed by atoms with Gasteiger partial charge in [0, 0.05) is 38.5 Å². The lowest BCUT2D eigenvalue weighted by Crippen LogP contribution is -2.10. The van der Waals surface area contributed by atoms with Crippen LogP contribution in [0, 0.1) is 0 Å². The third-order valence-corrected chi connectivity index (χ3v) is 12.4. The van der Waals surface area contributed by atoms with Gasteiger partial charge in [0.25, 0.3) is 0 Å². The Morgan fingerprint density at radius 1 is 0.317 bits per heavy atom. The molecule has 0 atom stereocenters. The van der Waals surface area contributed by atoms with Crippen LogP contribution in [-0.2, 0) is 0 Å². The molecule has 3 nitrogen and oxygen atoms in total. The summed E-state index contributed by atoms with van der Waals surface area (Å²) in [7, 11) is 0. The highest BCUT2D eigenvalue weighted by molar-refractivity contribution is 6.13. The number of nitrogens with zero attached hydrogens (tertiary/aromatic N) is 2. The zero-order chi connectivity index (χ0) is 41.7. The van der Waals surface area contributed by atoms with Crippen molar-refractivity contribution in [2.45, 2.75) is 0 Å². The average molecular weight is 805 g/mol. The van der Waals surface area contributed by atoms with Crippen LogP contribution in [0.5, 0.6) is 0 Å². The third-order valence-electron chi connectivity index (χ3n) is 12.4. The van der Waals surface area contributed by atoms with Gasteiger partial charge in [-0.05, 0) is 106 Å². The van der Waals surface area contributed by atoms with Gasteiger partial charge < -0.3 is 13.9 Å². The molecule has 0 saturated heterocycles. The first-order valence-corrected chi connectivity index (χ1v) is 21.5. The Bertz CT molecular complexity index is 3510. The molecule has 0 saturated carbocycles. The first-order valence-electron chi connectivity index (χ1n) is 21.5. The lowest BCUT2D eigenvalue weighted by atomic mass is 10.0. The SMILES string of the molecule is c1ccc(-c2ccc(N(c3cccc(-c4ccccc4-n4c5ccc(-c6ccccc6)cc5c5cc(-c6ccccc6)ccc54)c3)c3cccc4c3oc3ccccc34)cc2)cc1. The number of hydrogen-bond acceptors (Lipinski definition) is 2. The molecule has 0 aliphatic carbocycles. The Balaban J connectivity index is 1.04. The maximum Gasteiger partial charge on any atom is 0.159 e. The van der Waals surface area contributed by atoms with Crippen molar-refractivity contribution in [2.24, 2.45) is 0 Å². The van der Waals surface area contributed by atoms with Crippen LogP contribution >= 0.6 is 0 Å². The fourth-order valence-electron chi connectivity index (χ4n) is 9.40. The second-order valence-electron chi connectivity index (χ2n) is 16.1. The minimum Gasteiger partial charge on any atom is -0.454 e. The van der Waals surface area contributed by atoms with E-state index in [9.17, 15) is 0 Å². The Hall–Kier alpha value is -8.40. The van der Waals surface area contributed by atoms with Gasteiger partial charge in [0.05, 0.1) is 22.4 Å². The molecule has 0 unspecified atom stereocenters. The maximum atomic E-state index is 6.69. The first-order chi connectivity index (χ1) is 31.2. The minimum atomic E-state index is 0.853. The highest BCUT2D eigenvalue weighted by atomic mass is 16.3. The van der Waals surface area contributed by atoms with Crippen molar-refractivity contribution in [3.63, 3.8) is 0 Å². The van der Waals surface area contributed by atoms with Gasteiger partial charge >= 0.3 is 0 Å². The van der Waals surface area contributed by atoms with Crippen LogP contribution in [0.4, 0.5) is 17.1 Å². The fourth-order valence-corrected chi connectivity index (χ4v) is 9.40. The van der Waals surface area contributed by atoms with Gasteiger partial charge in [0.2, 0.25) is 0 Å². The second kappa shape index (κ2) is 15.3. The van der Waals surface area contributed by atoms with E-state index in [1.165, 1.54) is 44.2 Å². The molecule has 63 heavy (non-hydrogen) atoms. The molecule has 0 N–H and O–H groups in total. The molecule has 12 aromatic rings. The standard InChI is InChI=1S/C60H40N2O/c1-4-16-41(17-5-1)44-30-34-48(35-31-44)61(58-28-15-26-52-51-25-11-13-29-59(51)63-60(52)58)49-23-14-22-47(38-49)50-24-10-12-27-55(50)62-56-36-32-45(42-18-6-2-7-19-42)39-53(56)54-40-46(33-37-57(54)62)43-20-8-3-9-21-43/h1-40H. The van der Waals surface area contributed by atoms with Crippen LogP contribution in [0.2, 0.25) is 0 Å². The topological polar surface area (TPSA) is 21.3 Å². The van der Waals surface area contributed by atoms with Crippen LogP contribution in [0.1, 0.15) is 0 Å². The number of para-hydroxylation sites is 3. The largest absolute Gasteiger partial charge is 0.454 e. The lowest BCUT2D eigenvalue weighted by molar-refractivity contribution is 0.669. The summed E-state index contributed by atoms with van der Waals surface area (Å²) in [6.45, 7) is 0. The van der Waals surface area contributed by atoms with Crippen LogP contribution in [0.3, 0.4) is 0 Å². The van der Waals surface area contributed by atoms with Crippen LogP contribution in [0.25, 0.3) is 93.9 Å². The Morgan fingerprint density at radius 3 is 1.49 bits per heavy atom. The molecule has 12 rings (SSSR count). The summed E-state index contributed by atoms with van der Waals surface area (Å²) in [5, 5.41) is 4.63. The number of rotatable bonds is 8. The molecule has 0 bridgehead atoms. The summed E-state index contributed by atoms with van der Waals surface area (Å²) in [5.74, 6) is 0. The zero-order valence-corrected chi connectivity index (χ0v) is 34.4. The highest BCUT2D eigenvalue weighted by Crippen LogP contribution is 2.45. The predicted molar refractivity (Wildman–Crippen MR) is 264 cm³/mol. The third kappa shape index (κ3) is 6.38. The van der Waals surface area contributed by atoms with Crippen molar-refractivity contribution < 1.29 is 4.42 Å². The maximum absolute atomic E-state index is 6.69. The van der Waals surface area contributed by atoms with E-state index in [0.717, 1.165) is 66.8 Å². The summed E-state index contributed by atoms with van der Waals surface area (Å²) >= 11 is 0. The molecule has 2 heterocycles. The van der Waals surface area contributed by atoms with E-state index < -0.39 is 0 Å². The van der Waals surface area contributed by atoms with E-state index in [2.05, 4.69) is 246 Å². The average Bonchev–Trinajstić information content (AvgIpc) is 3.91. The van der Waals surface area contributed by atoms with Crippen LogP contribution < -0.4 is 4.90 Å². The normalized spacial score (nSPS) is 11.5. The Kier molecular flexibility index (Phi) is 8.83. The van der Waals surface area contributed by atoms with Gasteiger partial charge in [0.15, 0.2) is 5.58 Å². The van der Waals surface area contributed by atoms with Crippen molar-refractivity contribution in [1.29, 1.82) is 0 Å². The lowest BCUT2D eigenvalue weighted by Gasteiger charge is -2.26. The van der Waals surface area contributed by atoms with Gasteiger partial charge in [-0.15, -0.1) is 0 Å². The van der Waals surface area contributed by atoms with Crippen LogP contribution in [0.15, 0.2) is 247 Å². The van der Waals surface area contributed by atoms with Crippen molar-refractivity contribution in [1.82, 2.24) is 4.57 Å². The molecule has 296 valence electrons. The smallest absolute Gasteiger partial charge is 0.159 e. The number of furan rings is 1. The van der Waals surface area contributed by atoms with E-state index in [4.69, 9.17) is 4.42 Å². The number of hydrogen-bond donors (Lipinski definition) is 0. The summed E-state index contributed by atoms with van der Waals surface area (Å²) in [6.07, 6.45) is 0. The minimum absolute atomic E-state index is 0.853. The van der Waals surface area contributed by atoms with Gasteiger partial charge in [-0.3, -0.25) is 0 Å². The quantitative estimate of drug-likeness (QED) is 0.153. The number of fused-ring (bicyclic) bond motifs is 6. The first kappa shape index (κ1) is 36.5. The molecule has 10 aromatic carbocycles. The molecule has 3 heteroatoms. The molecule has 0 amide bonds. The Morgan fingerprint density at radius 2 is 0.825 bits per heavy atom. The number of aromatic nitrogens is 1. The fraction of sp³-hybridized carbons (Fsp3) is 0. The van der Waals surface area contributed by atoms with Crippen molar-refractivity contribution in [3.05, 3.63) is 243 Å². The molecule has 0 fully saturated rings.